The highest BCUT2D eigenvalue weighted by molar-refractivity contribution is 6.17. The van der Waals surface area contributed by atoms with Crippen LogP contribution in [-0.4, -0.2) is 9.13 Å². The Morgan fingerprint density at radius 2 is 0.730 bits per heavy atom. The summed E-state index contributed by atoms with van der Waals surface area (Å²) in [7, 11) is 0. The molecule has 0 saturated carbocycles. The summed E-state index contributed by atoms with van der Waals surface area (Å²) >= 11 is 0. The number of benzene rings is 10. The first kappa shape index (κ1) is 35.4. The van der Waals surface area contributed by atoms with E-state index in [1.54, 1.807) is 0 Å². The molecule has 0 spiro atoms. The van der Waals surface area contributed by atoms with Crippen LogP contribution in [-0.2, 0) is 0 Å². The molecule has 0 fully saturated rings. The van der Waals surface area contributed by atoms with Crippen molar-refractivity contribution in [3.05, 3.63) is 231 Å². The van der Waals surface area contributed by atoms with E-state index in [1.165, 1.54) is 88.1 Å². The molecule has 0 N–H and O–H groups in total. The van der Waals surface area contributed by atoms with Crippen molar-refractivity contribution in [2.24, 2.45) is 0 Å². The van der Waals surface area contributed by atoms with E-state index < -0.39 is 0 Å². The molecule has 0 aliphatic rings. The maximum atomic E-state index is 6.06. The Hall–Kier alpha value is -8.40. The van der Waals surface area contributed by atoms with Gasteiger partial charge in [-0.2, -0.15) is 0 Å². The van der Waals surface area contributed by atoms with Crippen molar-refractivity contribution in [2.75, 3.05) is 0 Å². The molecule has 0 aliphatic heterocycles. The van der Waals surface area contributed by atoms with E-state index >= 15 is 0 Å². The molecule has 0 unspecified atom stereocenters. The average molecular weight is 803 g/mol. The second-order valence-electron chi connectivity index (χ2n) is 16.5. The molecule has 0 radical (unpaired) electrons. The zero-order chi connectivity index (χ0) is 41.4. The number of furan rings is 1. The van der Waals surface area contributed by atoms with Gasteiger partial charge in [0.1, 0.15) is 11.2 Å². The summed E-state index contributed by atoms with van der Waals surface area (Å²) in [4.78, 5) is 0. The number of aromatic nitrogens is 2. The molecule has 63 heavy (non-hydrogen) atoms. The fourth-order valence-electron chi connectivity index (χ4n) is 9.95. The first-order chi connectivity index (χ1) is 31.2. The normalized spacial score (nSPS) is 11.8. The summed E-state index contributed by atoms with van der Waals surface area (Å²) in [6.45, 7) is 0. The maximum absolute atomic E-state index is 6.06. The van der Waals surface area contributed by atoms with E-state index in [0.717, 1.165) is 33.3 Å². The Morgan fingerprint density at radius 1 is 0.254 bits per heavy atom. The van der Waals surface area contributed by atoms with Gasteiger partial charge in [-0.15, -0.1) is 0 Å². The van der Waals surface area contributed by atoms with E-state index in [1.807, 2.05) is 12.1 Å². The quantitative estimate of drug-likeness (QED) is 0.164. The highest BCUT2D eigenvalue weighted by Gasteiger charge is 2.19. The van der Waals surface area contributed by atoms with Gasteiger partial charge in [0, 0.05) is 43.7 Å². The summed E-state index contributed by atoms with van der Waals surface area (Å²) in [6, 6.07) is 83.5. The molecule has 3 nitrogen and oxygen atoms in total. The third-order valence-electron chi connectivity index (χ3n) is 13.0. The fourth-order valence-corrected chi connectivity index (χ4v) is 9.95. The zero-order valence-electron chi connectivity index (χ0n) is 34.2. The molecule has 0 aliphatic carbocycles. The second kappa shape index (κ2) is 14.1. The first-order valence-electron chi connectivity index (χ1n) is 21.6. The van der Waals surface area contributed by atoms with E-state index in [2.05, 4.69) is 228 Å². The van der Waals surface area contributed by atoms with Crippen molar-refractivity contribution in [3.63, 3.8) is 0 Å². The largest absolute Gasteiger partial charge is 0.456 e. The lowest BCUT2D eigenvalue weighted by atomic mass is 9.97. The van der Waals surface area contributed by atoms with Crippen molar-refractivity contribution in [2.45, 2.75) is 0 Å². The molecule has 0 saturated heterocycles. The van der Waals surface area contributed by atoms with Crippen LogP contribution in [0.4, 0.5) is 0 Å². The number of para-hydroxylation sites is 4. The summed E-state index contributed by atoms with van der Waals surface area (Å²) in [5.74, 6) is 0. The molecule has 3 heteroatoms. The van der Waals surface area contributed by atoms with Crippen LogP contribution in [0.1, 0.15) is 0 Å². The minimum Gasteiger partial charge on any atom is -0.456 e. The number of hydrogen-bond donors (Lipinski definition) is 0. The van der Waals surface area contributed by atoms with Gasteiger partial charge in [-0.1, -0.05) is 164 Å². The Labute approximate surface area is 363 Å². The third-order valence-corrected chi connectivity index (χ3v) is 13.0. The van der Waals surface area contributed by atoms with Crippen LogP contribution in [0.2, 0.25) is 0 Å². The van der Waals surface area contributed by atoms with Crippen molar-refractivity contribution >= 4 is 65.6 Å². The summed E-state index contributed by atoms with van der Waals surface area (Å²) in [5, 5.41) is 7.32. The van der Waals surface area contributed by atoms with Crippen LogP contribution < -0.4 is 0 Å². The van der Waals surface area contributed by atoms with E-state index in [-0.39, 0.29) is 0 Å². The molecule has 0 atom stereocenters. The monoisotopic (exact) mass is 802 g/mol. The lowest BCUT2D eigenvalue weighted by Crippen LogP contribution is -1.94. The highest BCUT2D eigenvalue weighted by Crippen LogP contribution is 2.41. The van der Waals surface area contributed by atoms with Gasteiger partial charge in [0.2, 0.25) is 0 Å². The Morgan fingerprint density at radius 3 is 1.44 bits per heavy atom. The van der Waals surface area contributed by atoms with Gasteiger partial charge in [-0.05, 0) is 111 Å². The van der Waals surface area contributed by atoms with Crippen LogP contribution in [0.3, 0.4) is 0 Å². The van der Waals surface area contributed by atoms with Crippen LogP contribution in [0.15, 0.2) is 235 Å². The van der Waals surface area contributed by atoms with Crippen molar-refractivity contribution < 1.29 is 4.42 Å². The predicted octanol–water partition coefficient (Wildman–Crippen LogP) is 16.4. The van der Waals surface area contributed by atoms with Gasteiger partial charge >= 0.3 is 0 Å². The highest BCUT2D eigenvalue weighted by atomic mass is 16.3. The molecule has 3 aromatic heterocycles. The number of nitrogens with zero attached hydrogens (tertiary/aromatic N) is 2. The minimum atomic E-state index is 0.918. The maximum Gasteiger partial charge on any atom is 0.135 e. The van der Waals surface area contributed by atoms with E-state index in [4.69, 9.17) is 4.42 Å². The standard InChI is InChI=1S/C60H38N2O/c1-2-11-46(12-3-1)62-54-17-7-4-13-49(54)50-35-31-45(38-57(50)62)48-16-10-19-56-60(48)52-15-5-8-18-55(52)61(56)47-33-29-42(30-34-47)41-23-21-39(22-24-41)40-25-27-43(28-26-40)44-32-36-59-53(37-44)51-14-6-9-20-58(51)63-59/h1-38H. The topological polar surface area (TPSA) is 23.0 Å². The Balaban J connectivity index is 0.825. The lowest BCUT2D eigenvalue weighted by molar-refractivity contribution is 0.669. The Kier molecular flexibility index (Phi) is 7.91. The Bertz CT molecular complexity index is 3870. The first-order valence-corrected chi connectivity index (χ1v) is 21.6. The molecule has 13 rings (SSSR count). The van der Waals surface area contributed by atoms with Crippen molar-refractivity contribution in [1.82, 2.24) is 9.13 Å². The molecular formula is C60H38N2O. The summed E-state index contributed by atoms with van der Waals surface area (Å²) in [5.41, 5.74) is 18.5. The SMILES string of the molecule is c1ccc(-n2c3ccccc3c3ccc(-c4cccc5c4c4ccccc4n5-c4ccc(-c5ccc(-c6ccc(-c7ccc8oc9ccccc9c8c7)cc6)cc5)cc4)cc32)cc1. The van der Waals surface area contributed by atoms with Crippen LogP contribution >= 0.6 is 0 Å². The number of rotatable bonds is 6. The number of fused-ring (bicyclic) bond motifs is 9. The van der Waals surface area contributed by atoms with Crippen LogP contribution in [0, 0.1) is 0 Å². The van der Waals surface area contributed by atoms with Gasteiger partial charge in [0.15, 0.2) is 0 Å². The summed E-state index contributed by atoms with van der Waals surface area (Å²) < 4.78 is 10.9. The van der Waals surface area contributed by atoms with Gasteiger partial charge in [-0.3, -0.25) is 0 Å². The second-order valence-corrected chi connectivity index (χ2v) is 16.5. The van der Waals surface area contributed by atoms with Gasteiger partial charge in [0.25, 0.3) is 0 Å². The third kappa shape index (κ3) is 5.67. The molecule has 3 heterocycles. The molecule has 10 aromatic carbocycles. The molecule has 13 aromatic rings. The van der Waals surface area contributed by atoms with E-state index in [0.29, 0.717) is 0 Å². The van der Waals surface area contributed by atoms with Crippen molar-refractivity contribution in [3.8, 4) is 55.9 Å². The van der Waals surface area contributed by atoms with Crippen molar-refractivity contribution in [1.29, 1.82) is 0 Å². The van der Waals surface area contributed by atoms with Crippen LogP contribution in [0.25, 0.3) is 121 Å². The molecule has 294 valence electrons. The van der Waals surface area contributed by atoms with Gasteiger partial charge in [0.05, 0.1) is 22.1 Å². The molecular weight excluding hydrogens is 765 g/mol. The van der Waals surface area contributed by atoms with Gasteiger partial charge < -0.3 is 13.6 Å². The molecule has 0 amide bonds. The molecule has 0 bridgehead atoms. The van der Waals surface area contributed by atoms with E-state index in [9.17, 15) is 0 Å². The zero-order valence-corrected chi connectivity index (χ0v) is 34.2. The predicted molar refractivity (Wildman–Crippen MR) is 264 cm³/mol. The van der Waals surface area contributed by atoms with Gasteiger partial charge in [-0.25, -0.2) is 0 Å². The summed E-state index contributed by atoms with van der Waals surface area (Å²) in [6.07, 6.45) is 0. The minimum absolute atomic E-state index is 0.918. The number of hydrogen-bond acceptors (Lipinski definition) is 1. The lowest BCUT2D eigenvalue weighted by Gasteiger charge is -2.11. The smallest absolute Gasteiger partial charge is 0.135 e. The van der Waals surface area contributed by atoms with Crippen LogP contribution in [0.5, 0.6) is 0 Å². The average Bonchev–Trinajstić information content (AvgIpc) is 4.02. The fraction of sp³-hybridized carbons (Fsp3) is 0.